The molecule has 0 aromatic heterocycles. The normalized spacial score (nSPS) is 20.4. The minimum absolute atomic E-state index is 0.102. The summed E-state index contributed by atoms with van der Waals surface area (Å²) in [7, 11) is 0. The van der Waals surface area contributed by atoms with E-state index in [1.54, 1.807) is 0 Å². The van der Waals surface area contributed by atoms with Crippen molar-refractivity contribution in [2.75, 3.05) is 32.7 Å². The number of rotatable bonds is 5. The lowest BCUT2D eigenvalue weighted by molar-refractivity contribution is 0.0744. The van der Waals surface area contributed by atoms with Crippen LogP contribution in [0.1, 0.15) is 31.9 Å². The standard InChI is InChI=1S/C16H25Cl2N3/c1-3-12(2)20-7-9-21(10-8-20)15(11-19)16-13(17)5-4-6-14(16)18/h4-6,12,15H,3,7-11,19H2,1-2H3. The third-order valence-corrected chi connectivity index (χ3v) is 5.22. The van der Waals surface area contributed by atoms with Gasteiger partial charge in [-0.25, -0.2) is 0 Å². The maximum atomic E-state index is 6.35. The predicted octanol–water partition coefficient (Wildman–Crippen LogP) is 3.41. The summed E-state index contributed by atoms with van der Waals surface area (Å²) in [5.74, 6) is 0. The van der Waals surface area contributed by atoms with Crippen molar-refractivity contribution in [3.05, 3.63) is 33.8 Å². The van der Waals surface area contributed by atoms with Crippen LogP contribution in [0.4, 0.5) is 0 Å². The molecule has 2 rings (SSSR count). The highest BCUT2D eigenvalue weighted by atomic mass is 35.5. The van der Waals surface area contributed by atoms with Gasteiger partial charge in [0.2, 0.25) is 0 Å². The van der Waals surface area contributed by atoms with Gasteiger partial charge in [0.05, 0.1) is 6.04 Å². The number of piperazine rings is 1. The maximum absolute atomic E-state index is 6.35. The number of hydrogen-bond donors (Lipinski definition) is 1. The molecule has 0 bridgehead atoms. The maximum Gasteiger partial charge on any atom is 0.0501 e. The van der Waals surface area contributed by atoms with E-state index in [9.17, 15) is 0 Å². The summed E-state index contributed by atoms with van der Waals surface area (Å²) in [6, 6.07) is 6.40. The van der Waals surface area contributed by atoms with Crippen LogP contribution in [0.5, 0.6) is 0 Å². The lowest BCUT2D eigenvalue weighted by Crippen LogP contribution is -2.51. The minimum atomic E-state index is 0.102. The van der Waals surface area contributed by atoms with Crippen molar-refractivity contribution in [2.45, 2.75) is 32.4 Å². The molecule has 2 unspecified atom stereocenters. The highest BCUT2D eigenvalue weighted by Crippen LogP contribution is 2.33. The summed E-state index contributed by atoms with van der Waals surface area (Å²) >= 11 is 12.7. The van der Waals surface area contributed by atoms with Crippen molar-refractivity contribution in [1.82, 2.24) is 9.80 Å². The smallest absolute Gasteiger partial charge is 0.0501 e. The zero-order valence-corrected chi connectivity index (χ0v) is 14.4. The van der Waals surface area contributed by atoms with Gasteiger partial charge in [-0.05, 0) is 25.5 Å². The van der Waals surface area contributed by atoms with Crippen molar-refractivity contribution in [3.8, 4) is 0 Å². The summed E-state index contributed by atoms with van der Waals surface area (Å²) < 4.78 is 0. The first-order valence-electron chi connectivity index (χ1n) is 7.70. The predicted molar refractivity (Wildman–Crippen MR) is 91.2 cm³/mol. The van der Waals surface area contributed by atoms with Gasteiger partial charge in [-0.15, -0.1) is 0 Å². The Morgan fingerprint density at radius 1 is 1.10 bits per heavy atom. The number of halogens is 2. The Morgan fingerprint density at radius 2 is 1.62 bits per heavy atom. The van der Waals surface area contributed by atoms with E-state index in [-0.39, 0.29) is 6.04 Å². The van der Waals surface area contributed by atoms with Crippen LogP contribution in [0.25, 0.3) is 0 Å². The first-order valence-corrected chi connectivity index (χ1v) is 8.46. The molecule has 0 radical (unpaired) electrons. The third-order valence-electron chi connectivity index (χ3n) is 4.56. The van der Waals surface area contributed by atoms with Crippen molar-refractivity contribution in [2.24, 2.45) is 5.73 Å². The van der Waals surface area contributed by atoms with Crippen LogP contribution in [0.15, 0.2) is 18.2 Å². The van der Waals surface area contributed by atoms with Crippen molar-refractivity contribution < 1.29 is 0 Å². The quantitative estimate of drug-likeness (QED) is 0.898. The molecule has 0 amide bonds. The van der Waals surface area contributed by atoms with Gasteiger partial charge in [0, 0.05) is 54.4 Å². The van der Waals surface area contributed by atoms with Crippen molar-refractivity contribution in [1.29, 1.82) is 0 Å². The fraction of sp³-hybridized carbons (Fsp3) is 0.625. The largest absolute Gasteiger partial charge is 0.329 e. The molecular weight excluding hydrogens is 305 g/mol. The molecule has 2 atom stereocenters. The average molecular weight is 330 g/mol. The van der Waals surface area contributed by atoms with E-state index in [0.717, 1.165) is 31.7 Å². The molecule has 21 heavy (non-hydrogen) atoms. The van der Waals surface area contributed by atoms with E-state index < -0.39 is 0 Å². The van der Waals surface area contributed by atoms with E-state index in [4.69, 9.17) is 28.9 Å². The molecule has 1 heterocycles. The third kappa shape index (κ3) is 3.91. The van der Waals surface area contributed by atoms with Crippen LogP contribution in [0.2, 0.25) is 10.0 Å². The molecule has 0 saturated carbocycles. The van der Waals surface area contributed by atoms with Gasteiger partial charge in [0.1, 0.15) is 0 Å². The molecule has 0 aliphatic carbocycles. The molecular formula is C16H25Cl2N3. The molecule has 1 aliphatic rings. The van der Waals surface area contributed by atoms with Crippen molar-refractivity contribution in [3.63, 3.8) is 0 Å². The monoisotopic (exact) mass is 329 g/mol. The van der Waals surface area contributed by atoms with Gasteiger partial charge in [-0.1, -0.05) is 36.2 Å². The second kappa shape index (κ2) is 7.80. The van der Waals surface area contributed by atoms with Gasteiger partial charge < -0.3 is 5.73 Å². The Morgan fingerprint density at radius 3 is 2.10 bits per heavy atom. The second-order valence-corrected chi connectivity index (χ2v) is 6.53. The SMILES string of the molecule is CCC(C)N1CCN(C(CN)c2c(Cl)cccc2Cl)CC1. The molecule has 2 N–H and O–H groups in total. The zero-order chi connectivity index (χ0) is 15.4. The molecule has 3 nitrogen and oxygen atoms in total. The van der Waals surface area contributed by atoms with Gasteiger partial charge in [0.15, 0.2) is 0 Å². The van der Waals surface area contributed by atoms with Crippen LogP contribution >= 0.6 is 23.2 Å². The van der Waals surface area contributed by atoms with Gasteiger partial charge >= 0.3 is 0 Å². The molecule has 1 fully saturated rings. The molecule has 0 spiro atoms. The summed E-state index contributed by atoms with van der Waals surface area (Å²) in [5, 5.41) is 1.42. The lowest BCUT2D eigenvalue weighted by atomic mass is 10.0. The summed E-state index contributed by atoms with van der Waals surface area (Å²) in [6.07, 6.45) is 1.19. The highest BCUT2D eigenvalue weighted by molar-refractivity contribution is 6.36. The van der Waals surface area contributed by atoms with Crippen LogP contribution in [0.3, 0.4) is 0 Å². The van der Waals surface area contributed by atoms with Crippen LogP contribution in [0, 0.1) is 0 Å². The Balaban J connectivity index is 2.10. The second-order valence-electron chi connectivity index (χ2n) is 5.72. The van der Waals surface area contributed by atoms with Crippen molar-refractivity contribution >= 4 is 23.2 Å². The van der Waals surface area contributed by atoms with E-state index in [1.165, 1.54) is 6.42 Å². The highest BCUT2D eigenvalue weighted by Gasteiger charge is 2.28. The molecule has 5 heteroatoms. The summed E-state index contributed by atoms with van der Waals surface area (Å²) in [6.45, 7) is 9.24. The molecule has 1 aromatic carbocycles. The topological polar surface area (TPSA) is 32.5 Å². The van der Waals surface area contributed by atoms with E-state index in [1.807, 2.05) is 18.2 Å². The van der Waals surface area contributed by atoms with Gasteiger partial charge in [0.25, 0.3) is 0 Å². The Hall–Kier alpha value is -0.320. The minimum Gasteiger partial charge on any atom is -0.329 e. The fourth-order valence-electron chi connectivity index (χ4n) is 3.03. The molecule has 1 saturated heterocycles. The molecule has 1 aliphatic heterocycles. The zero-order valence-electron chi connectivity index (χ0n) is 12.9. The number of nitrogens with zero attached hydrogens (tertiary/aromatic N) is 2. The van der Waals surface area contributed by atoms with E-state index >= 15 is 0 Å². The van der Waals surface area contributed by atoms with Crippen LogP contribution in [-0.2, 0) is 0 Å². The van der Waals surface area contributed by atoms with Gasteiger partial charge in [-0.2, -0.15) is 0 Å². The van der Waals surface area contributed by atoms with Crippen LogP contribution in [-0.4, -0.2) is 48.6 Å². The fourth-order valence-corrected chi connectivity index (χ4v) is 3.68. The summed E-state index contributed by atoms with van der Waals surface area (Å²) in [5.41, 5.74) is 6.99. The average Bonchev–Trinajstić information content (AvgIpc) is 2.50. The Bertz CT molecular complexity index is 439. The first kappa shape index (κ1) is 17.0. The summed E-state index contributed by atoms with van der Waals surface area (Å²) in [4.78, 5) is 4.95. The Kier molecular flexibility index (Phi) is 6.33. The molecule has 118 valence electrons. The van der Waals surface area contributed by atoms with Crippen LogP contribution < -0.4 is 5.73 Å². The van der Waals surface area contributed by atoms with E-state index in [2.05, 4.69) is 23.6 Å². The first-order chi connectivity index (χ1) is 10.1. The van der Waals surface area contributed by atoms with Gasteiger partial charge in [-0.3, -0.25) is 9.80 Å². The molecule has 1 aromatic rings. The van der Waals surface area contributed by atoms with E-state index in [0.29, 0.717) is 22.6 Å². The number of benzene rings is 1. The Labute approximate surface area is 138 Å². The lowest BCUT2D eigenvalue weighted by Gasteiger charge is -2.41. The number of nitrogens with two attached hydrogens (primary N) is 1. The number of hydrogen-bond acceptors (Lipinski definition) is 3.